The molecule has 0 aliphatic carbocycles. The van der Waals surface area contributed by atoms with Crippen molar-refractivity contribution in [3.05, 3.63) is 35.9 Å². The third-order valence-corrected chi connectivity index (χ3v) is 2.73. The van der Waals surface area contributed by atoms with Crippen LogP contribution in [0.1, 0.15) is 39.2 Å². The van der Waals surface area contributed by atoms with Crippen molar-refractivity contribution in [1.82, 2.24) is 0 Å². The van der Waals surface area contributed by atoms with E-state index in [2.05, 4.69) is 18.8 Å². The molecule has 1 aromatic rings. The highest BCUT2D eigenvalue weighted by atomic mass is 16.5. The molecule has 0 amide bonds. The molecule has 3 heteroatoms. The molecule has 1 rings (SSSR count). The normalized spacial score (nSPS) is 11.7. The summed E-state index contributed by atoms with van der Waals surface area (Å²) < 4.78 is 5.07. The highest BCUT2D eigenvalue weighted by Gasteiger charge is 2.14. The zero-order chi connectivity index (χ0) is 14.1. The Bertz CT molecular complexity index is 410. The van der Waals surface area contributed by atoms with E-state index in [1.54, 1.807) is 6.92 Å². The van der Waals surface area contributed by atoms with Crippen LogP contribution < -0.4 is 0 Å². The molecular weight excluding hydrogens is 238 g/mol. The molecule has 0 saturated heterocycles. The van der Waals surface area contributed by atoms with E-state index >= 15 is 0 Å². The maximum atomic E-state index is 11.9. The molecular formula is C16H23NO2. The third kappa shape index (κ3) is 5.69. The van der Waals surface area contributed by atoms with Gasteiger partial charge in [-0.05, 0) is 25.7 Å². The fourth-order valence-electron chi connectivity index (χ4n) is 1.76. The van der Waals surface area contributed by atoms with Crippen LogP contribution >= 0.6 is 0 Å². The van der Waals surface area contributed by atoms with E-state index in [0.717, 1.165) is 18.4 Å². The standard InChI is InChI=1S/C16H23NO2/c1-4-19-16(18)15(14-10-6-5-7-11-14)17-12-8-9-13(2)3/h5-7,10-11,13H,4,8-9,12H2,1-3H3. The summed E-state index contributed by atoms with van der Waals surface area (Å²) in [6.07, 6.45) is 2.11. The largest absolute Gasteiger partial charge is 0.461 e. The predicted molar refractivity (Wildman–Crippen MR) is 78.6 cm³/mol. The number of hydrogen-bond acceptors (Lipinski definition) is 3. The van der Waals surface area contributed by atoms with Crippen molar-refractivity contribution in [2.24, 2.45) is 10.9 Å². The van der Waals surface area contributed by atoms with Gasteiger partial charge in [-0.2, -0.15) is 0 Å². The van der Waals surface area contributed by atoms with Crippen LogP contribution in [0.3, 0.4) is 0 Å². The van der Waals surface area contributed by atoms with E-state index in [1.165, 1.54) is 0 Å². The van der Waals surface area contributed by atoms with Gasteiger partial charge in [-0.25, -0.2) is 4.79 Å². The highest BCUT2D eigenvalue weighted by molar-refractivity contribution is 6.43. The van der Waals surface area contributed by atoms with Gasteiger partial charge in [0.05, 0.1) is 6.61 Å². The van der Waals surface area contributed by atoms with E-state index in [0.29, 0.717) is 24.8 Å². The van der Waals surface area contributed by atoms with Crippen LogP contribution in [0, 0.1) is 5.92 Å². The lowest BCUT2D eigenvalue weighted by molar-refractivity contribution is -0.134. The van der Waals surface area contributed by atoms with Crippen LogP contribution in [0.4, 0.5) is 0 Å². The Kier molecular flexibility index (Phi) is 6.86. The Balaban J connectivity index is 2.75. The summed E-state index contributed by atoms with van der Waals surface area (Å²) in [5, 5.41) is 0. The zero-order valence-corrected chi connectivity index (χ0v) is 12.1. The summed E-state index contributed by atoms with van der Waals surface area (Å²) in [5.41, 5.74) is 1.26. The summed E-state index contributed by atoms with van der Waals surface area (Å²) in [4.78, 5) is 16.3. The molecule has 0 radical (unpaired) electrons. The number of aliphatic imine (C=N–C) groups is 1. The maximum Gasteiger partial charge on any atom is 0.357 e. The second kappa shape index (κ2) is 8.46. The van der Waals surface area contributed by atoms with Crippen molar-refractivity contribution in [3.8, 4) is 0 Å². The second-order valence-corrected chi connectivity index (χ2v) is 4.85. The fourth-order valence-corrected chi connectivity index (χ4v) is 1.76. The van der Waals surface area contributed by atoms with E-state index in [1.807, 2.05) is 30.3 Å². The average molecular weight is 261 g/mol. The topological polar surface area (TPSA) is 38.7 Å². The molecule has 0 heterocycles. The molecule has 104 valence electrons. The van der Waals surface area contributed by atoms with Gasteiger partial charge in [0.2, 0.25) is 0 Å². The van der Waals surface area contributed by atoms with Crippen LogP contribution in [0.5, 0.6) is 0 Å². The summed E-state index contributed by atoms with van der Waals surface area (Å²) in [6.45, 7) is 7.22. The lowest BCUT2D eigenvalue weighted by Gasteiger charge is -2.07. The van der Waals surface area contributed by atoms with Gasteiger partial charge >= 0.3 is 5.97 Å². The van der Waals surface area contributed by atoms with Crippen molar-refractivity contribution in [2.75, 3.05) is 13.2 Å². The molecule has 0 aliphatic heterocycles. The molecule has 0 unspecified atom stereocenters. The summed E-state index contributed by atoms with van der Waals surface area (Å²) in [5.74, 6) is 0.330. The molecule has 1 aromatic carbocycles. The Morgan fingerprint density at radius 1 is 1.26 bits per heavy atom. The second-order valence-electron chi connectivity index (χ2n) is 4.85. The van der Waals surface area contributed by atoms with Gasteiger partial charge < -0.3 is 4.74 Å². The number of nitrogens with zero attached hydrogens (tertiary/aromatic N) is 1. The first-order chi connectivity index (χ1) is 9.15. The molecule has 0 aliphatic rings. The molecule has 0 atom stereocenters. The molecule has 0 fully saturated rings. The van der Waals surface area contributed by atoms with Crippen LogP contribution in [0.2, 0.25) is 0 Å². The van der Waals surface area contributed by atoms with Crippen LogP contribution in [-0.2, 0) is 9.53 Å². The minimum absolute atomic E-state index is 0.335. The summed E-state index contributed by atoms with van der Waals surface area (Å²) >= 11 is 0. The lowest BCUT2D eigenvalue weighted by Crippen LogP contribution is -2.19. The van der Waals surface area contributed by atoms with E-state index in [4.69, 9.17) is 4.74 Å². The van der Waals surface area contributed by atoms with Crippen LogP contribution in [-0.4, -0.2) is 24.8 Å². The Labute approximate surface area is 115 Å². The van der Waals surface area contributed by atoms with Gasteiger partial charge in [0.1, 0.15) is 5.71 Å². The van der Waals surface area contributed by atoms with Gasteiger partial charge in [-0.1, -0.05) is 44.2 Å². The van der Waals surface area contributed by atoms with Gasteiger partial charge in [0, 0.05) is 12.1 Å². The van der Waals surface area contributed by atoms with E-state index in [9.17, 15) is 4.79 Å². The van der Waals surface area contributed by atoms with Crippen molar-refractivity contribution in [3.63, 3.8) is 0 Å². The molecule has 3 nitrogen and oxygen atoms in total. The van der Waals surface area contributed by atoms with Gasteiger partial charge in [-0.3, -0.25) is 4.99 Å². The van der Waals surface area contributed by atoms with Gasteiger partial charge in [0.25, 0.3) is 0 Å². The first-order valence-electron chi connectivity index (χ1n) is 6.92. The predicted octanol–water partition coefficient (Wildman–Crippen LogP) is 3.48. The molecule has 0 bridgehead atoms. The summed E-state index contributed by atoms with van der Waals surface area (Å²) in [6, 6.07) is 9.50. The maximum absolute atomic E-state index is 11.9. The first kappa shape index (κ1) is 15.4. The van der Waals surface area contributed by atoms with Crippen LogP contribution in [0.25, 0.3) is 0 Å². The molecule has 0 saturated carbocycles. The third-order valence-electron chi connectivity index (χ3n) is 2.73. The van der Waals surface area contributed by atoms with Gasteiger partial charge in [0.15, 0.2) is 0 Å². The number of esters is 1. The quantitative estimate of drug-likeness (QED) is 0.428. The first-order valence-corrected chi connectivity index (χ1v) is 6.92. The monoisotopic (exact) mass is 261 g/mol. The zero-order valence-electron chi connectivity index (χ0n) is 12.1. The van der Waals surface area contributed by atoms with Crippen molar-refractivity contribution in [1.29, 1.82) is 0 Å². The van der Waals surface area contributed by atoms with Crippen molar-refractivity contribution >= 4 is 11.7 Å². The molecule has 19 heavy (non-hydrogen) atoms. The molecule has 0 spiro atoms. The minimum atomic E-state index is -0.335. The number of carbonyl (C=O) groups excluding carboxylic acids is 1. The Morgan fingerprint density at radius 2 is 1.95 bits per heavy atom. The SMILES string of the molecule is CCOC(=O)C(=NCCCC(C)C)c1ccccc1. The number of carbonyl (C=O) groups is 1. The van der Waals surface area contributed by atoms with Gasteiger partial charge in [-0.15, -0.1) is 0 Å². The van der Waals surface area contributed by atoms with E-state index < -0.39 is 0 Å². The van der Waals surface area contributed by atoms with Crippen molar-refractivity contribution in [2.45, 2.75) is 33.6 Å². The van der Waals surface area contributed by atoms with E-state index in [-0.39, 0.29) is 5.97 Å². The Morgan fingerprint density at radius 3 is 2.53 bits per heavy atom. The van der Waals surface area contributed by atoms with Crippen molar-refractivity contribution < 1.29 is 9.53 Å². The number of ether oxygens (including phenoxy) is 1. The highest BCUT2D eigenvalue weighted by Crippen LogP contribution is 2.07. The number of rotatable bonds is 7. The minimum Gasteiger partial charge on any atom is -0.461 e. The smallest absolute Gasteiger partial charge is 0.357 e. The fraction of sp³-hybridized carbons (Fsp3) is 0.500. The average Bonchev–Trinajstić information content (AvgIpc) is 2.39. The number of hydrogen-bond donors (Lipinski definition) is 0. The lowest BCUT2D eigenvalue weighted by atomic mass is 10.1. The molecule has 0 N–H and O–H groups in total. The summed E-state index contributed by atoms with van der Waals surface area (Å²) in [7, 11) is 0. The Hall–Kier alpha value is -1.64. The molecule has 0 aromatic heterocycles. The van der Waals surface area contributed by atoms with Crippen LogP contribution in [0.15, 0.2) is 35.3 Å². The number of benzene rings is 1.